The van der Waals surface area contributed by atoms with Gasteiger partial charge >= 0.3 is 5.97 Å². The van der Waals surface area contributed by atoms with E-state index in [9.17, 15) is 4.79 Å². The number of nitriles is 2. The van der Waals surface area contributed by atoms with Crippen LogP contribution in [0.2, 0.25) is 0 Å². The number of carbonyl (C=O) groups is 1. The van der Waals surface area contributed by atoms with Crippen molar-refractivity contribution in [2.24, 2.45) is 0 Å². The van der Waals surface area contributed by atoms with Crippen molar-refractivity contribution in [3.63, 3.8) is 0 Å². The molecule has 0 radical (unpaired) electrons. The van der Waals surface area contributed by atoms with E-state index in [2.05, 4.69) is 4.74 Å². The van der Waals surface area contributed by atoms with Crippen molar-refractivity contribution in [3.05, 3.63) is 11.6 Å². The van der Waals surface area contributed by atoms with E-state index in [4.69, 9.17) is 10.5 Å². The molecule has 0 saturated carbocycles. The molecular formula is C7H6N2O2. The van der Waals surface area contributed by atoms with E-state index in [0.29, 0.717) is 0 Å². The van der Waals surface area contributed by atoms with Crippen LogP contribution in [0.4, 0.5) is 0 Å². The van der Waals surface area contributed by atoms with Crippen molar-refractivity contribution in [1.82, 2.24) is 0 Å². The fourth-order valence-corrected chi connectivity index (χ4v) is 0.391. The monoisotopic (exact) mass is 150 g/mol. The Morgan fingerprint density at radius 3 is 2.45 bits per heavy atom. The minimum Gasteiger partial charge on any atom is -0.463 e. The van der Waals surface area contributed by atoms with E-state index >= 15 is 0 Å². The Bertz CT molecular complexity index is 239. The van der Waals surface area contributed by atoms with Crippen molar-refractivity contribution in [3.8, 4) is 12.1 Å². The minimum atomic E-state index is -0.661. The topological polar surface area (TPSA) is 73.9 Å². The standard InChI is InChI=1S/C7H6N2O2/c1-2-11-7(10)3-6(4-8)5-9/h3H,2H2,1H3. The van der Waals surface area contributed by atoms with Gasteiger partial charge < -0.3 is 4.74 Å². The van der Waals surface area contributed by atoms with Crippen molar-refractivity contribution in [1.29, 1.82) is 10.5 Å². The van der Waals surface area contributed by atoms with Gasteiger partial charge in [-0.2, -0.15) is 10.5 Å². The summed E-state index contributed by atoms with van der Waals surface area (Å²) in [5, 5.41) is 16.4. The van der Waals surface area contributed by atoms with Gasteiger partial charge in [0.25, 0.3) is 0 Å². The average molecular weight is 150 g/mol. The highest BCUT2D eigenvalue weighted by atomic mass is 16.5. The number of allylic oxidation sites excluding steroid dienone is 1. The summed E-state index contributed by atoms with van der Waals surface area (Å²) in [5.41, 5.74) is -0.247. The predicted molar refractivity (Wildman–Crippen MR) is 35.9 cm³/mol. The molecule has 11 heavy (non-hydrogen) atoms. The molecule has 0 amide bonds. The van der Waals surface area contributed by atoms with Crippen LogP contribution in [0.1, 0.15) is 6.92 Å². The van der Waals surface area contributed by atoms with Gasteiger partial charge in [-0.3, -0.25) is 0 Å². The normalized spacial score (nSPS) is 7.18. The van der Waals surface area contributed by atoms with Gasteiger partial charge in [0.15, 0.2) is 0 Å². The molecule has 0 bridgehead atoms. The van der Waals surface area contributed by atoms with Gasteiger partial charge in [-0.1, -0.05) is 0 Å². The molecular weight excluding hydrogens is 144 g/mol. The molecule has 0 aliphatic heterocycles. The van der Waals surface area contributed by atoms with Crippen LogP contribution in [-0.2, 0) is 9.53 Å². The molecule has 56 valence electrons. The number of nitrogens with zero attached hydrogens (tertiary/aromatic N) is 2. The second-order valence-corrected chi connectivity index (χ2v) is 1.53. The minimum absolute atomic E-state index is 0.236. The number of esters is 1. The maximum Gasteiger partial charge on any atom is 0.332 e. The molecule has 0 rings (SSSR count). The van der Waals surface area contributed by atoms with Crippen LogP contribution in [0, 0.1) is 22.7 Å². The molecule has 0 heterocycles. The molecule has 0 aromatic heterocycles. The van der Waals surface area contributed by atoms with Gasteiger partial charge in [0.1, 0.15) is 17.7 Å². The largest absolute Gasteiger partial charge is 0.463 e. The molecule has 0 atom stereocenters. The van der Waals surface area contributed by atoms with Crippen LogP contribution in [0.25, 0.3) is 0 Å². The van der Waals surface area contributed by atoms with E-state index < -0.39 is 5.97 Å². The predicted octanol–water partition coefficient (Wildman–Crippen LogP) is 0.523. The summed E-state index contributed by atoms with van der Waals surface area (Å²) in [4.78, 5) is 10.6. The second-order valence-electron chi connectivity index (χ2n) is 1.53. The summed E-state index contributed by atoms with van der Waals surface area (Å²) in [6.45, 7) is 1.88. The van der Waals surface area contributed by atoms with Crippen molar-refractivity contribution < 1.29 is 9.53 Å². The summed E-state index contributed by atoms with van der Waals surface area (Å²) >= 11 is 0. The van der Waals surface area contributed by atoms with Crippen LogP contribution in [0.5, 0.6) is 0 Å². The lowest BCUT2D eigenvalue weighted by Crippen LogP contribution is -2.00. The third-order valence-corrected chi connectivity index (χ3v) is 0.790. The highest BCUT2D eigenvalue weighted by molar-refractivity contribution is 5.84. The third-order valence-electron chi connectivity index (χ3n) is 0.790. The van der Waals surface area contributed by atoms with Crippen LogP contribution >= 0.6 is 0 Å². The van der Waals surface area contributed by atoms with Crippen molar-refractivity contribution in [2.45, 2.75) is 6.92 Å². The molecule has 0 N–H and O–H groups in total. The first kappa shape index (κ1) is 9.19. The van der Waals surface area contributed by atoms with Gasteiger partial charge in [-0.05, 0) is 6.92 Å². The first-order valence-electron chi connectivity index (χ1n) is 2.93. The molecule has 0 saturated heterocycles. The number of carbonyl (C=O) groups excluding carboxylic acids is 1. The molecule has 0 aromatic carbocycles. The molecule has 0 aliphatic carbocycles. The third kappa shape index (κ3) is 3.72. The highest BCUT2D eigenvalue weighted by Crippen LogP contribution is 1.90. The molecule has 0 aromatic rings. The summed E-state index contributed by atoms with van der Waals surface area (Å²) in [5.74, 6) is -0.661. The van der Waals surface area contributed by atoms with Gasteiger partial charge in [0.2, 0.25) is 0 Å². The van der Waals surface area contributed by atoms with Crippen molar-refractivity contribution >= 4 is 5.97 Å². The number of ether oxygens (including phenoxy) is 1. The second kappa shape index (κ2) is 5.01. The Balaban J connectivity index is 4.22. The first-order chi connectivity index (χ1) is 5.24. The Morgan fingerprint density at radius 1 is 1.55 bits per heavy atom. The Kier molecular flexibility index (Phi) is 4.19. The SMILES string of the molecule is CCOC(=O)C=C(C#N)C#N. The molecule has 0 spiro atoms. The van der Waals surface area contributed by atoms with Gasteiger partial charge in [0.05, 0.1) is 12.7 Å². The van der Waals surface area contributed by atoms with E-state index in [0.717, 1.165) is 6.08 Å². The van der Waals surface area contributed by atoms with E-state index in [1.54, 1.807) is 19.1 Å². The zero-order valence-corrected chi connectivity index (χ0v) is 6.00. The molecule has 0 aliphatic rings. The summed E-state index contributed by atoms with van der Waals surface area (Å²) in [6, 6.07) is 3.08. The summed E-state index contributed by atoms with van der Waals surface area (Å²) in [7, 11) is 0. The van der Waals surface area contributed by atoms with Gasteiger partial charge in [-0.15, -0.1) is 0 Å². The quantitative estimate of drug-likeness (QED) is 0.327. The number of rotatable bonds is 2. The van der Waals surface area contributed by atoms with Crippen LogP contribution in [0.3, 0.4) is 0 Å². The summed E-state index contributed by atoms with van der Waals surface area (Å²) in [6.07, 6.45) is 0.865. The lowest BCUT2D eigenvalue weighted by Gasteiger charge is -1.92. The van der Waals surface area contributed by atoms with E-state index in [1.807, 2.05) is 0 Å². The number of hydrogen-bond donors (Lipinski definition) is 0. The van der Waals surface area contributed by atoms with Crippen molar-refractivity contribution in [2.75, 3.05) is 6.61 Å². The Hall–Kier alpha value is -1.81. The fourth-order valence-electron chi connectivity index (χ4n) is 0.391. The lowest BCUT2D eigenvalue weighted by atomic mass is 10.3. The lowest BCUT2D eigenvalue weighted by molar-refractivity contribution is -0.137. The van der Waals surface area contributed by atoms with Gasteiger partial charge in [-0.25, -0.2) is 4.79 Å². The Labute approximate surface area is 64.3 Å². The Morgan fingerprint density at radius 2 is 2.09 bits per heavy atom. The van der Waals surface area contributed by atoms with E-state index in [1.165, 1.54) is 0 Å². The molecule has 0 unspecified atom stereocenters. The average Bonchev–Trinajstić information content (AvgIpc) is 2.01. The number of hydrogen-bond acceptors (Lipinski definition) is 4. The van der Waals surface area contributed by atoms with Crippen LogP contribution < -0.4 is 0 Å². The van der Waals surface area contributed by atoms with E-state index in [-0.39, 0.29) is 12.2 Å². The smallest absolute Gasteiger partial charge is 0.332 e. The zero-order valence-electron chi connectivity index (χ0n) is 6.00. The highest BCUT2D eigenvalue weighted by Gasteiger charge is 1.98. The van der Waals surface area contributed by atoms with Crippen LogP contribution in [-0.4, -0.2) is 12.6 Å². The maximum atomic E-state index is 10.6. The van der Waals surface area contributed by atoms with Crippen LogP contribution in [0.15, 0.2) is 11.6 Å². The maximum absolute atomic E-state index is 10.6. The molecule has 0 fully saturated rings. The summed E-state index contributed by atoms with van der Waals surface area (Å²) < 4.78 is 4.46. The zero-order chi connectivity index (χ0) is 8.69. The first-order valence-corrected chi connectivity index (χ1v) is 2.93. The molecule has 4 nitrogen and oxygen atoms in total. The molecule has 4 heteroatoms. The fraction of sp³-hybridized carbons (Fsp3) is 0.286. The van der Waals surface area contributed by atoms with Gasteiger partial charge in [0, 0.05) is 0 Å².